The van der Waals surface area contributed by atoms with E-state index in [2.05, 4.69) is 10.6 Å². The van der Waals surface area contributed by atoms with Crippen LogP contribution < -0.4 is 15.4 Å². The molecule has 2 N–H and O–H groups in total. The predicted octanol–water partition coefficient (Wildman–Crippen LogP) is 2.41. The molecule has 5 heteroatoms. The summed E-state index contributed by atoms with van der Waals surface area (Å²) in [5.74, 6) is 0.856. The molecular weight excluding hydrogens is 248 g/mol. The molecule has 0 saturated carbocycles. The zero-order chi connectivity index (χ0) is 13.4. The largest absolute Gasteiger partial charge is 0.494 e. The minimum Gasteiger partial charge on any atom is -0.494 e. The van der Waals surface area contributed by atoms with Crippen LogP contribution in [0.3, 0.4) is 0 Å². The van der Waals surface area contributed by atoms with Crippen molar-refractivity contribution in [3.05, 3.63) is 24.3 Å². The second kappa shape index (κ2) is 7.89. The molecule has 1 unspecified atom stereocenters. The van der Waals surface area contributed by atoms with E-state index >= 15 is 0 Å². The first kappa shape index (κ1) is 14.7. The monoisotopic (exact) mass is 268 g/mol. The minimum atomic E-state index is 0.178. The number of hydrogen-bond donors (Lipinski definition) is 2. The number of thiocarbonyl (C=S) groups is 1. The summed E-state index contributed by atoms with van der Waals surface area (Å²) in [7, 11) is 1.67. The average Bonchev–Trinajstić information content (AvgIpc) is 2.32. The summed E-state index contributed by atoms with van der Waals surface area (Å²) >= 11 is 5.20. The molecule has 0 spiro atoms. The molecule has 0 radical (unpaired) electrons. The van der Waals surface area contributed by atoms with E-state index in [1.165, 1.54) is 0 Å². The Labute approximate surface area is 114 Å². The highest BCUT2D eigenvalue weighted by molar-refractivity contribution is 7.80. The zero-order valence-electron chi connectivity index (χ0n) is 11.0. The Morgan fingerprint density at radius 3 is 2.56 bits per heavy atom. The standard InChI is InChI=1S/C13H20N2O2S/c1-4-17-12-7-5-11(6-8-12)15-13(18)14-10(2)9-16-3/h5-8,10H,4,9H2,1-3H3,(H2,14,15,18). The molecule has 0 aliphatic rings. The normalized spacial score (nSPS) is 11.7. The van der Waals surface area contributed by atoms with Crippen molar-refractivity contribution in [3.8, 4) is 5.75 Å². The summed E-state index contributed by atoms with van der Waals surface area (Å²) in [6.45, 7) is 5.25. The maximum Gasteiger partial charge on any atom is 0.171 e. The zero-order valence-corrected chi connectivity index (χ0v) is 11.8. The van der Waals surface area contributed by atoms with Crippen molar-refractivity contribution in [1.29, 1.82) is 0 Å². The highest BCUT2D eigenvalue weighted by atomic mass is 32.1. The number of rotatable bonds is 6. The molecule has 0 amide bonds. The Morgan fingerprint density at radius 2 is 2.00 bits per heavy atom. The van der Waals surface area contributed by atoms with E-state index in [0.29, 0.717) is 18.3 Å². The van der Waals surface area contributed by atoms with Gasteiger partial charge in [-0.2, -0.15) is 0 Å². The lowest BCUT2D eigenvalue weighted by Gasteiger charge is -2.16. The molecule has 0 aromatic heterocycles. The first-order valence-electron chi connectivity index (χ1n) is 5.95. The number of nitrogens with one attached hydrogen (secondary N) is 2. The number of methoxy groups -OCH3 is 1. The highest BCUT2D eigenvalue weighted by Crippen LogP contribution is 2.15. The first-order chi connectivity index (χ1) is 8.65. The second-order valence-electron chi connectivity index (χ2n) is 3.91. The lowest BCUT2D eigenvalue weighted by Crippen LogP contribution is -2.38. The molecule has 0 aliphatic carbocycles. The van der Waals surface area contributed by atoms with E-state index in [4.69, 9.17) is 21.7 Å². The van der Waals surface area contributed by atoms with Crippen molar-refractivity contribution >= 4 is 23.0 Å². The summed E-state index contributed by atoms with van der Waals surface area (Å²) in [6, 6.07) is 7.86. The van der Waals surface area contributed by atoms with Gasteiger partial charge in [-0.3, -0.25) is 0 Å². The van der Waals surface area contributed by atoms with Crippen LogP contribution in [-0.2, 0) is 4.74 Å². The SMILES string of the molecule is CCOc1ccc(NC(=S)NC(C)COC)cc1. The Balaban J connectivity index is 2.44. The van der Waals surface area contributed by atoms with Gasteiger partial charge in [0.05, 0.1) is 13.2 Å². The van der Waals surface area contributed by atoms with Crippen molar-refractivity contribution < 1.29 is 9.47 Å². The number of hydrogen-bond acceptors (Lipinski definition) is 3. The molecule has 1 aromatic carbocycles. The molecule has 4 nitrogen and oxygen atoms in total. The molecule has 0 aliphatic heterocycles. The second-order valence-corrected chi connectivity index (χ2v) is 4.32. The van der Waals surface area contributed by atoms with Gasteiger partial charge in [0.15, 0.2) is 5.11 Å². The predicted molar refractivity (Wildman–Crippen MR) is 78.3 cm³/mol. The average molecular weight is 268 g/mol. The van der Waals surface area contributed by atoms with E-state index in [9.17, 15) is 0 Å². The molecular formula is C13H20N2O2S. The maximum absolute atomic E-state index is 5.37. The van der Waals surface area contributed by atoms with Crippen LogP contribution in [0.2, 0.25) is 0 Å². The third-order valence-corrected chi connectivity index (χ3v) is 2.44. The van der Waals surface area contributed by atoms with E-state index < -0.39 is 0 Å². The summed E-state index contributed by atoms with van der Waals surface area (Å²) < 4.78 is 10.4. The lowest BCUT2D eigenvalue weighted by atomic mass is 10.3. The van der Waals surface area contributed by atoms with Crippen LogP contribution in [0.25, 0.3) is 0 Å². The summed E-state index contributed by atoms with van der Waals surface area (Å²) in [5.41, 5.74) is 0.931. The quantitative estimate of drug-likeness (QED) is 0.776. The van der Waals surface area contributed by atoms with Gasteiger partial charge >= 0.3 is 0 Å². The minimum absolute atomic E-state index is 0.178. The van der Waals surface area contributed by atoms with Crippen molar-refractivity contribution in [1.82, 2.24) is 5.32 Å². The fourth-order valence-corrected chi connectivity index (χ4v) is 1.80. The van der Waals surface area contributed by atoms with Crippen LogP contribution in [0, 0.1) is 0 Å². The molecule has 0 fully saturated rings. The summed E-state index contributed by atoms with van der Waals surface area (Å²) in [5, 5.41) is 6.83. The van der Waals surface area contributed by atoms with Crippen LogP contribution in [0.15, 0.2) is 24.3 Å². The number of ether oxygens (including phenoxy) is 2. The van der Waals surface area contributed by atoms with Gasteiger partial charge in [0.2, 0.25) is 0 Å². The van der Waals surface area contributed by atoms with Crippen molar-refractivity contribution in [2.24, 2.45) is 0 Å². The van der Waals surface area contributed by atoms with Crippen LogP contribution >= 0.6 is 12.2 Å². The van der Waals surface area contributed by atoms with E-state index in [1.807, 2.05) is 38.1 Å². The Kier molecular flexibility index (Phi) is 6.46. The molecule has 18 heavy (non-hydrogen) atoms. The molecule has 100 valence electrons. The fourth-order valence-electron chi connectivity index (χ4n) is 1.48. The van der Waals surface area contributed by atoms with E-state index in [-0.39, 0.29) is 6.04 Å². The smallest absolute Gasteiger partial charge is 0.171 e. The van der Waals surface area contributed by atoms with Crippen LogP contribution in [0.1, 0.15) is 13.8 Å². The molecule has 1 rings (SSSR count). The van der Waals surface area contributed by atoms with Gasteiger partial charge in [-0.1, -0.05) is 0 Å². The topological polar surface area (TPSA) is 42.5 Å². The number of anilines is 1. The third-order valence-electron chi connectivity index (χ3n) is 2.22. The molecule has 1 aromatic rings. The van der Waals surface area contributed by atoms with Gasteiger partial charge in [-0.15, -0.1) is 0 Å². The van der Waals surface area contributed by atoms with Crippen LogP contribution in [0.4, 0.5) is 5.69 Å². The molecule has 0 saturated heterocycles. The fraction of sp³-hybridized carbons (Fsp3) is 0.462. The van der Waals surface area contributed by atoms with Gasteiger partial charge in [-0.25, -0.2) is 0 Å². The lowest BCUT2D eigenvalue weighted by molar-refractivity contribution is 0.179. The van der Waals surface area contributed by atoms with Crippen molar-refractivity contribution in [2.75, 3.05) is 25.6 Å². The summed E-state index contributed by atoms with van der Waals surface area (Å²) in [6.07, 6.45) is 0. The molecule has 0 heterocycles. The van der Waals surface area contributed by atoms with Crippen molar-refractivity contribution in [2.45, 2.75) is 19.9 Å². The van der Waals surface area contributed by atoms with Crippen LogP contribution in [-0.4, -0.2) is 31.5 Å². The van der Waals surface area contributed by atoms with E-state index in [0.717, 1.165) is 11.4 Å². The van der Waals surface area contributed by atoms with Crippen LogP contribution in [0.5, 0.6) is 5.75 Å². The van der Waals surface area contributed by atoms with Gasteiger partial charge in [-0.05, 0) is 50.3 Å². The Morgan fingerprint density at radius 1 is 1.33 bits per heavy atom. The van der Waals surface area contributed by atoms with Crippen molar-refractivity contribution in [3.63, 3.8) is 0 Å². The summed E-state index contributed by atoms with van der Waals surface area (Å²) in [4.78, 5) is 0. The molecule has 0 bridgehead atoms. The first-order valence-corrected chi connectivity index (χ1v) is 6.35. The van der Waals surface area contributed by atoms with Gasteiger partial charge in [0.25, 0.3) is 0 Å². The molecule has 1 atom stereocenters. The van der Waals surface area contributed by atoms with Gasteiger partial charge < -0.3 is 20.1 Å². The Hall–Kier alpha value is -1.33. The number of benzene rings is 1. The van der Waals surface area contributed by atoms with E-state index in [1.54, 1.807) is 7.11 Å². The Bertz CT molecular complexity index is 368. The highest BCUT2D eigenvalue weighted by Gasteiger charge is 2.03. The third kappa shape index (κ3) is 5.33. The maximum atomic E-state index is 5.37. The van der Waals surface area contributed by atoms with Gasteiger partial charge in [0.1, 0.15) is 5.75 Å². The van der Waals surface area contributed by atoms with Gasteiger partial charge in [0, 0.05) is 18.8 Å².